The Bertz CT molecular complexity index is 909. The normalized spacial score (nSPS) is 22.7. The van der Waals surface area contributed by atoms with E-state index in [0.717, 1.165) is 6.26 Å². The molecular formula is C17H25N3O6S2. The molecule has 0 saturated carbocycles. The van der Waals surface area contributed by atoms with Gasteiger partial charge in [0, 0.05) is 37.8 Å². The number of hydrogen-bond donors (Lipinski definition) is 1. The molecule has 0 aromatic heterocycles. The minimum atomic E-state index is -3.61. The Kier molecular flexibility index (Phi) is 6.40. The lowest BCUT2D eigenvalue weighted by atomic mass is 10.1. The Morgan fingerprint density at radius 2 is 1.68 bits per heavy atom. The van der Waals surface area contributed by atoms with Crippen molar-refractivity contribution in [2.24, 2.45) is 0 Å². The molecule has 1 N–H and O–H groups in total. The Morgan fingerprint density at radius 3 is 2.29 bits per heavy atom. The fourth-order valence-electron chi connectivity index (χ4n) is 3.34. The van der Waals surface area contributed by atoms with E-state index in [-0.39, 0.29) is 23.4 Å². The third-order valence-corrected chi connectivity index (χ3v) is 8.10. The molecule has 2 saturated heterocycles. The molecule has 28 heavy (non-hydrogen) atoms. The number of carbonyl (C=O) groups excluding carboxylic acids is 1. The Labute approximate surface area is 165 Å². The van der Waals surface area contributed by atoms with Crippen molar-refractivity contribution in [1.82, 2.24) is 13.9 Å². The summed E-state index contributed by atoms with van der Waals surface area (Å²) in [6.07, 6.45) is 2.53. The molecule has 1 unspecified atom stereocenters. The fourth-order valence-corrected chi connectivity index (χ4v) is 5.66. The van der Waals surface area contributed by atoms with Crippen LogP contribution < -0.4 is 5.32 Å². The highest BCUT2D eigenvalue weighted by Gasteiger charge is 2.28. The zero-order valence-electron chi connectivity index (χ0n) is 15.7. The van der Waals surface area contributed by atoms with Gasteiger partial charge in [0.05, 0.1) is 24.4 Å². The van der Waals surface area contributed by atoms with Crippen LogP contribution in [0.4, 0.5) is 0 Å². The third kappa shape index (κ3) is 4.90. The van der Waals surface area contributed by atoms with E-state index in [1.165, 1.54) is 32.9 Å². The van der Waals surface area contributed by atoms with Crippen molar-refractivity contribution in [2.45, 2.75) is 23.8 Å². The van der Waals surface area contributed by atoms with E-state index in [9.17, 15) is 21.6 Å². The largest absolute Gasteiger partial charge is 0.379 e. The van der Waals surface area contributed by atoms with Crippen molar-refractivity contribution in [3.05, 3.63) is 29.8 Å². The Morgan fingerprint density at radius 1 is 1.04 bits per heavy atom. The van der Waals surface area contributed by atoms with Crippen LogP contribution in [0, 0.1) is 0 Å². The summed E-state index contributed by atoms with van der Waals surface area (Å²) in [4.78, 5) is 12.6. The zero-order valence-corrected chi connectivity index (χ0v) is 17.3. The molecule has 1 aromatic rings. The van der Waals surface area contributed by atoms with Gasteiger partial charge in [0.25, 0.3) is 5.91 Å². The highest BCUT2D eigenvalue weighted by atomic mass is 32.2. The molecule has 0 spiro atoms. The van der Waals surface area contributed by atoms with E-state index in [2.05, 4.69) is 5.32 Å². The van der Waals surface area contributed by atoms with Crippen LogP contribution in [0.25, 0.3) is 0 Å². The first kappa shape index (κ1) is 21.2. The summed E-state index contributed by atoms with van der Waals surface area (Å²) >= 11 is 0. The second kappa shape index (κ2) is 8.46. The smallest absolute Gasteiger partial charge is 0.251 e. The van der Waals surface area contributed by atoms with E-state index >= 15 is 0 Å². The van der Waals surface area contributed by atoms with Crippen LogP contribution in [-0.4, -0.2) is 83.0 Å². The second-order valence-electron chi connectivity index (χ2n) is 6.97. The Balaban J connectivity index is 1.65. The standard InChI is InChI=1S/C17H25N3O6S2/c1-27(22,23)20-8-2-3-15(13-20)18-17(21)14-4-6-16(7-5-14)28(24,25)19-9-11-26-12-10-19/h4-7,15H,2-3,8-13H2,1H3,(H,18,21). The quantitative estimate of drug-likeness (QED) is 0.694. The first-order valence-electron chi connectivity index (χ1n) is 9.12. The molecule has 9 nitrogen and oxygen atoms in total. The maximum absolute atomic E-state index is 12.6. The SMILES string of the molecule is CS(=O)(=O)N1CCCC(NC(=O)c2ccc(S(=O)(=O)N3CCOCC3)cc2)C1. The molecular weight excluding hydrogens is 406 g/mol. The molecule has 0 bridgehead atoms. The van der Waals surface area contributed by atoms with Crippen LogP contribution in [0.3, 0.4) is 0 Å². The van der Waals surface area contributed by atoms with Gasteiger partial charge >= 0.3 is 0 Å². The summed E-state index contributed by atoms with van der Waals surface area (Å²) in [5.41, 5.74) is 0.331. The predicted octanol–water partition coefficient (Wildman–Crippen LogP) is -0.139. The molecule has 0 radical (unpaired) electrons. The lowest BCUT2D eigenvalue weighted by molar-refractivity contribution is 0.0730. The first-order valence-corrected chi connectivity index (χ1v) is 12.4. The van der Waals surface area contributed by atoms with Gasteiger partial charge in [0.1, 0.15) is 0 Å². The third-order valence-electron chi connectivity index (χ3n) is 4.91. The van der Waals surface area contributed by atoms with Gasteiger partial charge in [0.15, 0.2) is 0 Å². The number of benzene rings is 1. The molecule has 2 aliphatic heterocycles. The van der Waals surface area contributed by atoms with Gasteiger partial charge in [-0.15, -0.1) is 0 Å². The maximum atomic E-state index is 12.6. The number of morpholine rings is 1. The van der Waals surface area contributed by atoms with E-state index in [1.54, 1.807) is 0 Å². The summed E-state index contributed by atoms with van der Waals surface area (Å²) in [7, 11) is -6.90. The summed E-state index contributed by atoms with van der Waals surface area (Å²) in [6.45, 7) is 2.05. The number of ether oxygens (including phenoxy) is 1. The molecule has 1 aromatic carbocycles. The van der Waals surface area contributed by atoms with Gasteiger partial charge in [-0.3, -0.25) is 4.79 Å². The van der Waals surface area contributed by atoms with Gasteiger partial charge in [-0.05, 0) is 37.1 Å². The first-order chi connectivity index (χ1) is 13.2. The summed E-state index contributed by atoms with van der Waals surface area (Å²) in [5.74, 6) is -0.351. The molecule has 1 amide bonds. The second-order valence-corrected chi connectivity index (χ2v) is 10.9. The van der Waals surface area contributed by atoms with Crippen LogP contribution in [-0.2, 0) is 24.8 Å². The highest BCUT2D eigenvalue weighted by molar-refractivity contribution is 7.89. The van der Waals surface area contributed by atoms with Crippen LogP contribution in [0.1, 0.15) is 23.2 Å². The van der Waals surface area contributed by atoms with E-state index < -0.39 is 20.0 Å². The Hall–Kier alpha value is -1.53. The number of amides is 1. The van der Waals surface area contributed by atoms with Gasteiger partial charge in [0.2, 0.25) is 20.0 Å². The van der Waals surface area contributed by atoms with Gasteiger partial charge in [-0.2, -0.15) is 4.31 Å². The van der Waals surface area contributed by atoms with E-state index in [1.807, 2.05) is 0 Å². The monoisotopic (exact) mass is 431 g/mol. The number of carbonyl (C=O) groups is 1. The zero-order chi connectivity index (χ0) is 20.4. The topological polar surface area (TPSA) is 113 Å². The summed E-state index contributed by atoms with van der Waals surface area (Å²) < 4.78 is 56.5. The fraction of sp³-hybridized carbons (Fsp3) is 0.588. The van der Waals surface area contributed by atoms with Crippen LogP contribution >= 0.6 is 0 Å². The molecule has 2 aliphatic rings. The molecule has 156 valence electrons. The molecule has 3 rings (SSSR count). The number of piperidine rings is 1. The molecule has 2 heterocycles. The van der Waals surface area contributed by atoms with Crippen molar-refractivity contribution >= 4 is 26.0 Å². The van der Waals surface area contributed by atoms with Crippen molar-refractivity contribution in [2.75, 3.05) is 45.6 Å². The summed E-state index contributed by atoms with van der Waals surface area (Å²) in [6, 6.07) is 5.51. The molecule has 1 atom stereocenters. The van der Waals surface area contributed by atoms with E-state index in [4.69, 9.17) is 4.74 Å². The highest BCUT2D eigenvalue weighted by Crippen LogP contribution is 2.18. The predicted molar refractivity (Wildman–Crippen MR) is 103 cm³/mol. The average Bonchev–Trinajstić information content (AvgIpc) is 2.68. The number of sulfonamides is 2. The average molecular weight is 432 g/mol. The van der Waals surface area contributed by atoms with E-state index in [0.29, 0.717) is 51.3 Å². The van der Waals surface area contributed by atoms with Crippen molar-refractivity contribution in [3.63, 3.8) is 0 Å². The number of nitrogens with one attached hydrogen (secondary N) is 1. The summed E-state index contributed by atoms with van der Waals surface area (Å²) in [5, 5.41) is 2.84. The van der Waals surface area contributed by atoms with Gasteiger partial charge in [-0.25, -0.2) is 21.1 Å². The number of nitrogens with zero attached hydrogens (tertiary/aromatic N) is 2. The number of rotatable bonds is 5. The van der Waals surface area contributed by atoms with Crippen molar-refractivity contribution in [3.8, 4) is 0 Å². The number of hydrogen-bond acceptors (Lipinski definition) is 6. The minimum Gasteiger partial charge on any atom is -0.379 e. The van der Waals surface area contributed by atoms with Crippen LogP contribution in [0.5, 0.6) is 0 Å². The molecule has 0 aliphatic carbocycles. The minimum absolute atomic E-state index is 0.131. The van der Waals surface area contributed by atoms with Crippen molar-refractivity contribution < 1.29 is 26.4 Å². The van der Waals surface area contributed by atoms with Gasteiger partial charge in [-0.1, -0.05) is 0 Å². The maximum Gasteiger partial charge on any atom is 0.251 e. The lowest BCUT2D eigenvalue weighted by Gasteiger charge is -2.31. The van der Waals surface area contributed by atoms with Crippen LogP contribution in [0.2, 0.25) is 0 Å². The van der Waals surface area contributed by atoms with Crippen LogP contribution in [0.15, 0.2) is 29.2 Å². The molecule has 11 heteroatoms. The lowest BCUT2D eigenvalue weighted by Crippen LogP contribution is -2.49. The van der Waals surface area contributed by atoms with Crippen molar-refractivity contribution in [1.29, 1.82) is 0 Å². The molecule has 2 fully saturated rings. The van der Waals surface area contributed by atoms with Gasteiger partial charge < -0.3 is 10.1 Å².